The van der Waals surface area contributed by atoms with E-state index in [0.717, 1.165) is 0 Å². The summed E-state index contributed by atoms with van der Waals surface area (Å²) < 4.78 is 15.9. The van der Waals surface area contributed by atoms with Gasteiger partial charge in [-0.15, -0.1) is 0 Å². The highest BCUT2D eigenvalue weighted by Crippen LogP contribution is 2.39. The van der Waals surface area contributed by atoms with Gasteiger partial charge >= 0.3 is 11.9 Å². The quantitative estimate of drug-likeness (QED) is 0.807. The lowest BCUT2D eigenvalue weighted by molar-refractivity contribution is -0.144. The molecule has 0 radical (unpaired) electrons. The second-order valence-corrected chi connectivity index (χ2v) is 4.46. The predicted octanol–water partition coefficient (Wildman–Crippen LogP) is 1.15. The molecule has 0 unspecified atom stereocenters. The fourth-order valence-electron chi connectivity index (χ4n) is 2.31. The lowest BCUT2D eigenvalue weighted by Gasteiger charge is -2.21. The number of benzene rings is 1. The van der Waals surface area contributed by atoms with E-state index in [0.29, 0.717) is 30.3 Å². The molecule has 6 nitrogen and oxygen atoms in total. The summed E-state index contributed by atoms with van der Waals surface area (Å²) >= 11 is 0. The minimum absolute atomic E-state index is 0.103. The molecule has 1 fully saturated rings. The molecule has 0 spiro atoms. The van der Waals surface area contributed by atoms with Crippen LogP contribution in [0, 0.1) is 5.92 Å². The Morgan fingerprint density at radius 1 is 1.21 bits per heavy atom. The Labute approximate surface area is 108 Å². The normalized spacial score (nSPS) is 24.9. The smallest absolute Gasteiger partial charge is 0.311 e. The second kappa shape index (κ2) is 4.46. The highest BCUT2D eigenvalue weighted by atomic mass is 16.6. The third-order valence-corrected chi connectivity index (χ3v) is 3.22. The summed E-state index contributed by atoms with van der Waals surface area (Å²) in [5.41, 5.74) is 0.613. The van der Waals surface area contributed by atoms with Crippen LogP contribution in [-0.2, 0) is 14.3 Å². The molecule has 1 aromatic rings. The van der Waals surface area contributed by atoms with Crippen LogP contribution in [-0.4, -0.2) is 30.3 Å². The molecule has 0 aliphatic carbocycles. The monoisotopic (exact) mass is 264 g/mol. The van der Waals surface area contributed by atoms with E-state index < -0.39 is 24.0 Å². The third kappa shape index (κ3) is 2.09. The summed E-state index contributed by atoms with van der Waals surface area (Å²) in [6.45, 7) is 0.936. The van der Waals surface area contributed by atoms with Crippen molar-refractivity contribution in [2.75, 3.05) is 13.2 Å². The SMILES string of the molecule is O=C1C[C@H](C(=O)O)[C@@H](c2ccc3c(c2)OCCO3)O1. The molecule has 0 aromatic heterocycles. The van der Waals surface area contributed by atoms with Crippen LogP contribution < -0.4 is 9.47 Å². The number of carbonyl (C=O) groups excluding carboxylic acids is 1. The maximum Gasteiger partial charge on any atom is 0.311 e. The van der Waals surface area contributed by atoms with Crippen molar-refractivity contribution in [2.24, 2.45) is 5.92 Å². The van der Waals surface area contributed by atoms with Gasteiger partial charge in [0.15, 0.2) is 11.5 Å². The van der Waals surface area contributed by atoms with E-state index in [1.54, 1.807) is 18.2 Å². The Hall–Kier alpha value is -2.24. The van der Waals surface area contributed by atoms with Gasteiger partial charge in [-0.1, -0.05) is 6.07 Å². The molecule has 2 heterocycles. The van der Waals surface area contributed by atoms with E-state index in [4.69, 9.17) is 19.3 Å². The van der Waals surface area contributed by atoms with E-state index in [2.05, 4.69) is 0 Å². The number of esters is 1. The van der Waals surface area contributed by atoms with Crippen molar-refractivity contribution in [3.8, 4) is 11.5 Å². The number of hydrogen-bond acceptors (Lipinski definition) is 5. The Kier molecular flexibility index (Phi) is 2.77. The standard InChI is InChI=1S/C13H12O6/c14-11-6-8(13(15)16)12(19-11)7-1-2-9-10(5-7)18-4-3-17-9/h1-2,5,8,12H,3-4,6H2,(H,15,16)/t8-,12+/m0/s1. The molecule has 2 aliphatic heterocycles. The first-order valence-corrected chi connectivity index (χ1v) is 5.97. The Morgan fingerprint density at radius 3 is 2.68 bits per heavy atom. The number of hydrogen-bond donors (Lipinski definition) is 1. The average molecular weight is 264 g/mol. The first-order valence-electron chi connectivity index (χ1n) is 5.97. The fraction of sp³-hybridized carbons (Fsp3) is 0.385. The van der Waals surface area contributed by atoms with Crippen LogP contribution in [0.4, 0.5) is 0 Å². The van der Waals surface area contributed by atoms with Gasteiger partial charge in [-0.05, 0) is 17.7 Å². The molecule has 100 valence electrons. The van der Waals surface area contributed by atoms with E-state index in [1.807, 2.05) is 0 Å². The zero-order valence-corrected chi connectivity index (χ0v) is 10.00. The van der Waals surface area contributed by atoms with E-state index >= 15 is 0 Å². The van der Waals surface area contributed by atoms with Crippen molar-refractivity contribution in [3.63, 3.8) is 0 Å². The van der Waals surface area contributed by atoms with Crippen LogP contribution in [0.5, 0.6) is 11.5 Å². The molecule has 0 saturated carbocycles. The summed E-state index contributed by atoms with van der Waals surface area (Å²) in [5.74, 6) is -1.21. The molecule has 0 amide bonds. The van der Waals surface area contributed by atoms with Crippen molar-refractivity contribution in [1.29, 1.82) is 0 Å². The minimum atomic E-state index is -1.04. The number of carboxylic acid groups (broad SMARTS) is 1. The van der Waals surface area contributed by atoms with Crippen LogP contribution in [0.3, 0.4) is 0 Å². The molecule has 2 atom stereocenters. The second-order valence-electron chi connectivity index (χ2n) is 4.46. The van der Waals surface area contributed by atoms with E-state index in [1.165, 1.54) is 0 Å². The van der Waals surface area contributed by atoms with Crippen LogP contribution >= 0.6 is 0 Å². The molecule has 2 aliphatic rings. The average Bonchev–Trinajstić information content (AvgIpc) is 2.80. The van der Waals surface area contributed by atoms with Crippen molar-refractivity contribution in [1.82, 2.24) is 0 Å². The van der Waals surface area contributed by atoms with Crippen molar-refractivity contribution >= 4 is 11.9 Å². The van der Waals surface area contributed by atoms with Crippen molar-refractivity contribution in [3.05, 3.63) is 23.8 Å². The molecular weight excluding hydrogens is 252 g/mol. The third-order valence-electron chi connectivity index (χ3n) is 3.22. The van der Waals surface area contributed by atoms with Gasteiger partial charge < -0.3 is 19.3 Å². The number of fused-ring (bicyclic) bond motifs is 1. The van der Waals surface area contributed by atoms with Gasteiger partial charge in [0.2, 0.25) is 0 Å². The summed E-state index contributed by atoms with van der Waals surface area (Å²) in [4.78, 5) is 22.4. The first-order chi connectivity index (χ1) is 9.15. The topological polar surface area (TPSA) is 82.1 Å². The van der Waals surface area contributed by atoms with E-state index in [-0.39, 0.29) is 6.42 Å². The largest absolute Gasteiger partial charge is 0.486 e. The van der Waals surface area contributed by atoms with Gasteiger partial charge in [0, 0.05) is 0 Å². The molecule has 1 aromatic carbocycles. The Balaban J connectivity index is 1.93. The molecule has 1 N–H and O–H groups in total. The van der Waals surface area contributed by atoms with Crippen LogP contribution in [0.2, 0.25) is 0 Å². The Bertz CT molecular complexity index is 538. The summed E-state index contributed by atoms with van der Waals surface area (Å²) in [5, 5.41) is 9.11. The zero-order chi connectivity index (χ0) is 13.4. The van der Waals surface area contributed by atoms with Crippen LogP contribution in [0.15, 0.2) is 18.2 Å². The number of rotatable bonds is 2. The van der Waals surface area contributed by atoms with Gasteiger partial charge in [-0.3, -0.25) is 9.59 Å². The zero-order valence-electron chi connectivity index (χ0n) is 10.00. The number of carbonyl (C=O) groups is 2. The molecule has 0 bridgehead atoms. The minimum Gasteiger partial charge on any atom is -0.486 e. The van der Waals surface area contributed by atoms with Gasteiger partial charge in [0.05, 0.1) is 6.42 Å². The summed E-state index contributed by atoms with van der Waals surface area (Å²) in [6.07, 6.45) is -0.866. The van der Waals surface area contributed by atoms with Crippen molar-refractivity contribution < 1.29 is 28.9 Å². The van der Waals surface area contributed by atoms with Gasteiger partial charge in [-0.2, -0.15) is 0 Å². The number of aliphatic carboxylic acids is 1. The highest BCUT2D eigenvalue weighted by Gasteiger charge is 2.41. The maximum atomic E-state index is 11.3. The molecule has 19 heavy (non-hydrogen) atoms. The highest BCUT2D eigenvalue weighted by molar-refractivity contribution is 5.82. The molecule has 3 rings (SSSR count). The maximum absolute atomic E-state index is 11.3. The van der Waals surface area contributed by atoms with E-state index in [9.17, 15) is 9.59 Å². The lowest BCUT2D eigenvalue weighted by atomic mass is 9.95. The van der Waals surface area contributed by atoms with Gasteiger partial charge in [0.1, 0.15) is 25.2 Å². The molecular formula is C13H12O6. The summed E-state index contributed by atoms with van der Waals surface area (Å²) in [6, 6.07) is 5.08. The molecule has 1 saturated heterocycles. The molecule has 6 heteroatoms. The Morgan fingerprint density at radius 2 is 1.95 bits per heavy atom. The number of carboxylic acids is 1. The summed E-state index contributed by atoms with van der Waals surface area (Å²) in [7, 11) is 0. The number of ether oxygens (including phenoxy) is 3. The first kappa shape index (κ1) is 11.8. The number of cyclic esters (lactones) is 1. The fourth-order valence-corrected chi connectivity index (χ4v) is 2.31. The van der Waals surface area contributed by atoms with Gasteiger partial charge in [-0.25, -0.2) is 0 Å². The predicted molar refractivity (Wildman–Crippen MR) is 62.0 cm³/mol. The van der Waals surface area contributed by atoms with Crippen LogP contribution in [0.25, 0.3) is 0 Å². The van der Waals surface area contributed by atoms with Gasteiger partial charge in [0.25, 0.3) is 0 Å². The van der Waals surface area contributed by atoms with Crippen molar-refractivity contribution in [2.45, 2.75) is 12.5 Å². The lowest BCUT2D eigenvalue weighted by Crippen LogP contribution is -2.19. The van der Waals surface area contributed by atoms with Crippen LogP contribution in [0.1, 0.15) is 18.1 Å².